The summed E-state index contributed by atoms with van der Waals surface area (Å²) in [6, 6.07) is 1.76. The number of carbonyl (C=O) groups is 1. The molecule has 6 nitrogen and oxygen atoms in total. The van der Waals surface area contributed by atoms with Gasteiger partial charge in [-0.2, -0.15) is 5.10 Å². The zero-order valence-corrected chi connectivity index (χ0v) is 12.6. The highest BCUT2D eigenvalue weighted by atomic mass is 32.1. The van der Waals surface area contributed by atoms with Crippen molar-refractivity contribution in [3.05, 3.63) is 45.8 Å². The largest absolute Gasteiger partial charge is 0.455 e. The molecular formula is C14H14N4O2S. The minimum Gasteiger partial charge on any atom is -0.455 e. The summed E-state index contributed by atoms with van der Waals surface area (Å²) < 4.78 is 6.90. The van der Waals surface area contributed by atoms with E-state index in [0.29, 0.717) is 16.9 Å². The molecular weight excluding hydrogens is 288 g/mol. The van der Waals surface area contributed by atoms with Gasteiger partial charge in [0.15, 0.2) is 5.65 Å². The second-order valence-corrected chi connectivity index (χ2v) is 5.45. The molecule has 0 spiro atoms. The van der Waals surface area contributed by atoms with Gasteiger partial charge in [-0.25, -0.2) is 19.3 Å². The van der Waals surface area contributed by atoms with Crippen molar-refractivity contribution in [1.29, 1.82) is 0 Å². The van der Waals surface area contributed by atoms with Crippen molar-refractivity contribution in [3.8, 4) is 0 Å². The molecule has 3 rings (SSSR count). The maximum atomic E-state index is 12.3. The molecule has 0 bridgehead atoms. The SMILES string of the molecule is CCc1nc(COC(=O)c2c(C)nn3cccnc23)cs1. The van der Waals surface area contributed by atoms with Gasteiger partial charge in [0.05, 0.1) is 16.4 Å². The molecule has 0 radical (unpaired) electrons. The molecule has 0 saturated heterocycles. The van der Waals surface area contributed by atoms with Crippen LogP contribution in [0.4, 0.5) is 0 Å². The third-order valence-corrected chi connectivity index (χ3v) is 4.07. The van der Waals surface area contributed by atoms with Crippen LogP contribution in [0.15, 0.2) is 23.8 Å². The highest BCUT2D eigenvalue weighted by Crippen LogP contribution is 2.16. The Labute approximate surface area is 125 Å². The van der Waals surface area contributed by atoms with Gasteiger partial charge in [-0.05, 0) is 19.4 Å². The Hall–Kier alpha value is -2.28. The van der Waals surface area contributed by atoms with E-state index in [-0.39, 0.29) is 6.61 Å². The fourth-order valence-electron chi connectivity index (χ4n) is 2.02. The number of aryl methyl sites for hydroxylation is 2. The van der Waals surface area contributed by atoms with E-state index in [9.17, 15) is 4.79 Å². The first-order valence-corrected chi connectivity index (χ1v) is 7.47. The summed E-state index contributed by atoms with van der Waals surface area (Å²) in [5.74, 6) is -0.424. The number of ether oxygens (including phenoxy) is 1. The second-order valence-electron chi connectivity index (χ2n) is 4.51. The third-order valence-electron chi connectivity index (χ3n) is 3.03. The van der Waals surface area contributed by atoms with Crippen LogP contribution in [0.1, 0.15) is 33.7 Å². The van der Waals surface area contributed by atoms with Crippen LogP contribution in [0.2, 0.25) is 0 Å². The fraction of sp³-hybridized carbons (Fsp3) is 0.286. The summed E-state index contributed by atoms with van der Waals surface area (Å²) in [5.41, 5.74) is 2.28. The van der Waals surface area contributed by atoms with Gasteiger partial charge >= 0.3 is 5.97 Å². The Morgan fingerprint density at radius 2 is 2.33 bits per heavy atom. The van der Waals surface area contributed by atoms with Gasteiger partial charge in [-0.3, -0.25) is 0 Å². The van der Waals surface area contributed by atoms with E-state index >= 15 is 0 Å². The lowest BCUT2D eigenvalue weighted by Crippen LogP contribution is -2.07. The smallest absolute Gasteiger partial charge is 0.344 e. The van der Waals surface area contributed by atoms with Crippen LogP contribution in [0.5, 0.6) is 0 Å². The highest BCUT2D eigenvalue weighted by molar-refractivity contribution is 7.09. The monoisotopic (exact) mass is 302 g/mol. The highest BCUT2D eigenvalue weighted by Gasteiger charge is 2.19. The fourth-order valence-corrected chi connectivity index (χ4v) is 2.75. The first-order valence-electron chi connectivity index (χ1n) is 6.59. The molecule has 3 aromatic heterocycles. The van der Waals surface area contributed by atoms with Gasteiger partial charge in [0.25, 0.3) is 0 Å². The first-order chi connectivity index (χ1) is 10.2. The normalized spacial score (nSPS) is 11.0. The molecule has 0 aliphatic rings. The second kappa shape index (κ2) is 5.61. The topological polar surface area (TPSA) is 69.4 Å². The molecule has 0 aliphatic carbocycles. The molecule has 0 fully saturated rings. The van der Waals surface area contributed by atoms with Crippen molar-refractivity contribution in [2.75, 3.05) is 0 Å². The molecule has 3 heterocycles. The van der Waals surface area contributed by atoms with Gasteiger partial charge < -0.3 is 4.74 Å². The average Bonchev–Trinajstić information content (AvgIpc) is 3.07. The molecule has 0 unspecified atom stereocenters. The Bertz CT molecular complexity index is 793. The summed E-state index contributed by atoms with van der Waals surface area (Å²) in [6.45, 7) is 3.98. The van der Waals surface area contributed by atoms with Crippen molar-refractivity contribution in [2.24, 2.45) is 0 Å². The summed E-state index contributed by atoms with van der Waals surface area (Å²) in [5, 5.41) is 7.19. The Morgan fingerprint density at radius 1 is 1.48 bits per heavy atom. The van der Waals surface area contributed by atoms with E-state index in [1.165, 1.54) is 0 Å². The van der Waals surface area contributed by atoms with Crippen molar-refractivity contribution >= 4 is 23.0 Å². The number of esters is 1. The van der Waals surface area contributed by atoms with Gasteiger partial charge in [0.2, 0.25) is 0 Å². The predicted octanol–water partition coefficient (Wildman–Crippen LogP) is 2.41. The van der Waals surface area contributed by atoms with E-state index in [0.717, 1.165) is 17.1 Å². The van der Waals surface area contributed by atoms with Crippen LogP contribution in [0.25, 0.3) is 5.65 Å². The Balaban J connectivity index is 1.79. The van der Waals surface area contributed by atoms with E-state index in [4.69, 9.17) is 4.74 Å². The standard InChI is InChI=1S/C14H14N4O2S/c1-3-11-16-10(8-21-11)7-20-14(19)12-9(2)17-18-6-4-5-15-13(12)18/h4-6,8H,3,7H2,1-2H3. The third kappa shape index (κ3) is 2.64. The van der Waals surface area contributed by atoms with E-state index in [1.807, 2.05) is 12.3 Å². The zero-order chi connectivity index (χ0) is 14.8. The quantitative estimate of drug-likeness (QED) is 0.692. The number of rotatable bonds is 4. The lowest BCUT2D eigenvalue weighted by atomic mass is 10.2. The molecule has 0 aromatic carbocycles. The molecule has 0 atom stereocenters. The van der Waals surface area contributed by atoms with Gasteiger partial charge in [0, 0.05) is 17.8 Å². The van der Waals surface area contributed by atoms with Gasteiger partial charge in [-0.15, -0.1) is 11.3 Å². The van der Waals surface area contributed by atoms with Crippen LogP contribution in [0.3, 0.4) is 0 Å². The molecule has 0 aliphatic heterocycles. The van der Waals surface area contributed by atoms with E-state index in [2.05, 4.69) is 15.1 Å². The first kappa shape index (κ1) is 13.7. The van der Waals surface area contributed by atoms with Gasteiger partial charge in [-0.1, -0.05) is 6.92 Å². The maximum absolute atomic E-state index is 12.3. The van der Waals surface area contributed by atoms with E-state index < -0.39 is 5.97 Å². The molecule has 108 valence electrons. The van der Waals surface area contributed by atoms with Gasteiger partial charge in [0.1, 0.15) is 12.2 Å². The number of aromatic nitrogens is 4. The molecule has 7 heteroatoms. The number of hydrogen-bond acceptors (Lipinski definition) is 6. The molecule has 3 aromatic rings. The van der Waals surface area contributed by atoms with Crippen LogP contribution in [-0.4, -0.2) is 25.6 Å². The maximum Gasteiger partial charge on any atom is 0.344 e. The van der Waals surface area contributed by atoms with Crippen molar-refractivity contribution in [1.82, 2.24) is 19.6 Å². The number of nitrogens with zero attached hydrogens (tertiary/aromatic N) is 4. The van der Waals surface area contributed by atoms with Crippen LogP contribution < -0.4 is 0 Å². The molecule has 0 amide bonds. The Morgan fingerprint density at radius 3 is 3.10 bits per heavy atom. The van der Waals surface area contributed by atoms with Crippen molar-refractivity contribution in [2.45, 2.75) is 26.9 Å². The zero-order valence-electron chi connectivity index (χ0n) is 11.7. The van der Waals surface area contributed by atoms with Crippen molar-refractivity contribution in [3.63, 3.8) is 0 Å². The van der Waals surface area contributed by atoms with E-state index in [1.54, 1.807) is 41.2 Å². The molecule has 21 heavy (non-hydrogen) atoms. The average molecular weight is 302 g/mol. The van der Waals surface area contributed by atoms with Crippen molar-refractivity contribution < 1.29 is 9.53 Å². The minimum absolute atomic E-state index is 0.166. The van der Waals surface area contributed by atoms with Crippen LogP contribution >= 0.6 is 11.3 Å². The van der Waals surface area contributed by atoms with Crippen LogP contribution in [0, 0.1) is 6.92 Å². The number of carbonyl (C=O) groups excluding carboxylic acids is 1. The number of hydrogen-bond donors (Lipinski definition) is 0. The van der Waals surface area contributed by atoms with Crippen LogP contribution in [-0.2, 0) is 17.8 Å². The minimum atomic E-state index is -0.424. The summed E-state index contributed by atoms with van der Waals surface area (Å²) in [7, 11) is 0. The predicted molar refractivity (Wildman–Crippen MR) is 78.3 cm³/mol. The lowest BCUT2D eigenvalue weighted by Gasteiger charge is -2.02. The molecule has 0 N–H and O–H groups in total. The number of thiazole rings is 1. The molecule has 0 saturated carbocycles. The summed E-state index contributed by atoms with van der Waals surface area (Å²) in [6.07, 6.45) is 4.26. The lowest BCUT2D eigenvalue weighted by molar-refractivity contribution is 0.0469. The number of fused-ring (bicyclic) bond motifs is 1. The summed E-state index contributed by atoms with van der Waals surface area (Å²) in [4.78, 5) is 20.8. The summed E-state index contributed by atoms with van der Waals surface area (Å²) >= 11 is 1.57. The Kier molecular flexibility index (Phi) is 3.66.